The first kappa shape index (κ1) is 10.0. The standard InChI is InChI=1S/C10H21NO/c1-2-7-12-10-6-4-3-5-9(10)8-11/h9-10H,2-8,11H2,1H3. The van der Waals surface area contributed by atoms with E-state index in [-0.39, 0.29) is 0 Å². The first-order valence-corrected chi connectivity index (χ1v) is 5.20. The van der Waals surface area contributed by atoms with E-state index in [1.165, 1.54) is 25.7 Å². The maximum atomic E-state index is 5.76. The Morgan fingerprint density at radius 2 is 2.08 bits per heavy atom. The highest BCUT2D eigenvalue weighted by Crippen LogP contribution is 2.25. The molecule has 2 nitrogen and oxygen atoms in total. The van der Waals surface area contributed by atoms with Crippen LogP contribution in [0, 0.1) is 5.92 Å². The molecule has 0 aromatic heterocycles. The predicted octanol–water partition coefficient (Wildman–Crippen LogP) is 1.93. The normalized spacial score (nSPS) is 30.5. The van der Waals surface area contributed by atoms with E-state index in [4.69, 9.17) is 10.5 Å². The molecule has 72 valence electrons. The molecule has 2 N–H and O–H groups in total. The average molecular weight is 171 g/mol. The average Bonchev–Trinajstić information content (AvgIpc) is 2.15. The van der Waals surface area contributed by atoms with Crippen molar-refractivity contribution in [2.24, 2.45) is 11.7 Å². The summed E-state index contributed by atoms with van der Waals surface area (Å²) in [6, 6.07) is 0. The summed E-state index contributed by atoms with van der Waals surface area (Å²) in [7, 11) is 0. The van der Waals surface area contributed by atoms with Gasteiger partial charge in [-0.1, -0.05) is 19.8 Å². The highest BCUT2D eigenvalue weighted by molar-refractivity contribution is 4.76. The van der Waals surface area contributed by atoms with Crippen LogP contribution in [0.3, 0.4) is 0 Å². The lowest BCUT2D eigenvalue weighted by Gasteiger charge is -2.30. The maximum absolute atomic E-state index is 5.76. The van der Waals surface area contributed by atoms with Gasteiger partial charge in [0.25, 0.3) is 0 Å². The van der Waals surface area contributed by atoms with Gasteiger partial charge in [-0.25, -0.2) is 0 Å². The minimum absolute atomic E-state index is 0.462. The van der Waals surface area contributed by atoms with Crippen LogP contribution in [0.25, 0.3) is 0 Å². The highest BCUT2D eigenvalue weighted by atomic mass is 16.5. The molecule has 0 radical (unpaired) electrons. The molecule has 0 saturated heterocycles. The van der Waals surface area contributed by atoms with Crippen LogP contribution in [-0.2, 0) is 4.74 Å². The Hall–Kier alpha value is -0.0800. The molecule has 0 heterocycles. The van der Waals surface area contributed by atoms with E-state index in [2.05, 4.69) is 6.92 Å². The summed E-state index contributed by atoms with van der Waals surface area (Å²) in [5.74, 6) is 0.630. The molecule has 0 spiro atoms. The van der Waals surface area contributed by atoms with Gasteiger partial charge < -0.3 is 10.5 Å². The number of nitrogens with two attached hydrogens (primary N) is 1. The van der Waals surface area contributed by atoms with E-state index in [0.717, 1.165) is 19.6 Å². The molecule has 0 bridgehead atoms. The van der Waals surface area contributed by atoms with Crippen molar-refractivity contribution in [1.29, 1.82) is 0 Å². The van der Waals surface area contributed by atoms with Gasteiger partial charge in [0.2, 0.25) is 0 Å². The van der Waals surface area contributed by atoms with Crippen molar-refractivity contribution in [2.45, 2.75) is 45.1 Å². The monoisotopic (exact) mass is 171 g/mol. The molecule has 0 aromatic carbocycles. The van der Waals surface area contributed by atoms with Crippen molar-refractivity contribution in [3.63, 3.8) is 0 Å². The van der Waals surface area contributed by atoms with Crippen LogP contribution in [0.2, 0.25) is 0 Å². The van der Waals surface area contributed by atoms with E-state index in [9.17, 15) is 0 Å². The second-order valence-electron chi connectivity index (χ2n) is 3.69. The van der Waals surface area contributed by atoms with Gasteiger partial charge in [-0.3, -0.25) is 0 Å². The van der Waals surface area contributed by atoms with Gasteiger partial charge in [0, 0.05) is 6.61 Å². The highest BCUT2D eigenvalue weighted by Gasteiger charge is 2.23. The molecule has 2 heteroatoms. The first-order valence-electron chi connectivity index (χ1n) is 5.20. The summed E-state index contributed by atoms with van der Waals surface area (Å²) in [6.07, 6.45) is 6.74. The molecule has 0 aliphatic heterocycles. The molecule has 0 amide bonds. The summed E-state index contributed by atoms with van der Waals surface area (Å²) < 4.78 is 5.76. The van der Waals surface area contributed by atoms with Crippen molar-refractivity contribution in [2.75, 3.05) is 13.2 Å². The van der Waals surface area contributed by atoms with Crippen LogP contribution in [0.1, 0.15) is 39.0 Å². The minimum atomic E-state index is 0.462. The Bertz CT molecular complexity index is 116. The van der Waals surface area contributed by atoms with Crippen LogP contribution < -0.4 is 5.73 Å². The number of ether oxygens (including phenoxy) is 1. The summed E-state index contributed by atoms with van der Waals surface area (Å²) in [5, 5.41) is 0. The van der Waals surface area contributed by atoms with Crippen molar-refractivity contribution in [3.05, 3.63) is 0 Å². The van der Waals surface area contributed by atoms with Crippen LogP contribution in [-0.4, -0.2) is 19.3 Å². The third-order valence-electron chi connectivity index (χ3n) is 2.68. The Morgan fingerprint density at radius 1 is 1.33 bits per heavy atom. The molecule has 1 aliphatic rings. The first-order chi connectivity index (χ1) is 5.88. The predicted molar refractivity (Wildman–Crippen MR) is 51.0 cm³/mol. The molecular formula is C10H21NO. The Morgan fingerprint density at radius 3 is 2.75 bits per heavy atom. The van der Waals surface area contributed by atoms with Gasteiger partial charge in [-0.05, 0) is 31.7 Å². The van der Waals surface area contributed by atoms with E-state index < -0.39 is 0 Å². The zero-order valence-electron chi connectivity index (χ0n) is 8.09. The molecule has 2 atom stereocenters. The van der Waals surface area contributed by atoms with Crippen molar-refractivity contribution in [1.82, 2.24) is 0 Å². The lowest BCUT2D eigenvalue weighted by atomic mass is 9.86. The summed E-state index contributed by atoms with van der Waals surface area (Å²) in [6.45, 7) is 3.86. The van der Waals surface area contributed by atoms with Gasteiger partial charge >= 0.3 is 0 Å². The topological polar surface area (TPSA) is 35.2 Å². The summed E-state index contributed by atoms with van der Waals surface area (Å²) in [5.41, 5.74) is 5.69. The van der Waals surface area contributed by atoms with E-state index in [1.54, 1.807) is 0 Å². The molecule has 1 rings (SSSR count). The van der Waals surface area contributed by atoms with E-state index in [0.29, 0.717) is 12.0 Å². The second kappa shape index (κ2) is 5.55. The number of hydrogen-bond acceptors (Lipinski definition) is 2. The van der Waals surface area contributed by atoms with Crippen LogP contribution in [0.4, 0.5) is 0 Å². The Labute approximate surface area is 75.5 Å². The second-order valence-corrected chi connectivity index (χ2v) is 3.69. The minimum Gasteiger partial charge on any atom is -0.378 e. The van der Waals surface area contributed by atoms with Gasteiger partial charge in [0.05, 0.1) is 6.10 Å². The van der Waals surface area contributed by atoms with Crippen LogP contribution in [0.5, 0.6) is 0 Å². The number of rotatable bonds is 4. The third kappa shape index (κ3) is 2.76. The number of hydrogen-bond donors (Lipinski definition) is 1. The van der Waals surface area contributed by atoms with Crippen LogP contribution >= 0.6 is 0 Å². The summed E-state index contributed by atoms with van der Waals surface area (Å²) >= 11 is 0. The molecule has 1 fully saturated rings. The van der Waals surface area contributed by atoms with Gasteiger partial charge in [0.15, 0.2) is 0 Å². The molecular weight excluding hydrogens is 150 g/mol. The zero-order valence-corrected chi connectivity index (χ0v) is 8.09. The SMILES string of the molecule is CCCOC1CCCCC1CN. The lowest BCUT2D eigenvalue weighted by Crippen LogP contribution is -2.33. The third-order valence-corrected chi connectivity index (χ3v) is 2.68. The van der Waals surface area contributed by atoms with Crippen molar-refractivity contribution in [3.8, 4) is 0 Å². The van der Waals surface area contributed by atoms with E-state index >= 15 is 0 Å². The fraction of sp³-hybridized carbons (Fsp3) is 1.00. The molecule has 1 saturated carbocycles. The fourth-order valence-corrected chi connectivity index (χ4v) is 1.93. The zero-order chi connectivity index (χ0) is 8.81. The summed E-state index contributed by atoms with van der Waals surface area (Å²) in [4.78, 5) is 0. The smallest absolute Gasteiger partial charge is 0.0615 e. The Kier molecular flexibility index (Phi) is 4.62. The van der Waals surface area contributed by atoms with Crippen LogP contribution in [0.15, 0.2) is 0 Å². The Balaban J connectivity index is 2.26. The van der Waals surface area contributed by atoms with Crippen molar-refractivity contribution < 1.29 is 4.74 Å². The fourth-order valence-electron chi connectivity index (χ4n) is 1.93. The molecule has 2 unspecified atom stereocenters. The largest absolute Gasteiger partial charge is 0.378 e. The quantitative estimate of drug-likeness (QED) is 0.701. The van der Waals surface area contributed by atoms with Gasteiger partial charge in [-0.15, -0.1) is 0 Å². The van der Waals surface area contributed by atoms with Crippen molar-refractivity contribution >= 4 is 0 Å². The van der Waals surface area contributed by atoms with E-state index in [1.807, 2.05) is 0 Å². The van der Waals surface area contributed by atoms with Gasteiger partial charge in [0.1, 0.15) is 0 Å². The molecule has 0 aromatic rings. The molecule has 12 heavy (non-hydrogen) atoms. The lowest BCUT2D eigenvalue weighted by molar-refractivity contribution is -0.00748. The maximum Gasteiger partial charge on any atom is 0.0615 e. The van der Waals surface area contributed by atoms with Gasteiger partial charge in [-0.2, -0.15) is 0 Å². The molecule has 1 aliphatic carbocycles.